The molecule has 1 aliphatic heterocycles. The highest BCUT2D eigenvalue weighted by molar-refractivity contribution is 5.85. The Labute approximate surface area is 121 Å². The number of carboxylic acid groups (broad SMARTS) is 1. The first kappa shape index (κ1) is 14.7. The molecule has 6 nitrogen and oxygen atoms in total. The number of carboxylic acids is 1. The maximum Gasteiger partial charge on any atom is 0.326 e. The molecule has 1 aromatic carbocycles. The number of terminal acetylenes is 1. The van der Waals surface area contributed by atoms with Crippen molar-refractivity contribution in [2.24, 2.45) is 5.92 Å². The van der Waals surface area contributed by atoms with E-state index < -0.39 is 12.0 Å². The molecule has 0 aliphatic carbocycles. The van der Waals surface area contributed by atoms with Crippen LogP contribution in [0.25, 0.3) is 0 Å². The van der Waals surface area contributed by atoms with Crippen molar-refractivity contribution in [3.63, 3.8) is 0 Å². The molecule has 110 valence electrons. The van der Waals surface area contributed by atoms with Gasteiger partial charge in [0, 0.05) is 25.3 Å². The fraction of sp³-hybridized carbons (Fsp3) is 0.333. The van der Waals surface area contributed by atoms with E-state index in [4.69, 9.17) is 6.42 Å². The van der Waals surface area contributed by atoms with Crippen molar-refractivity contribution in [2.75, 3.05) is 6.54 Å². The van der Waals surface area contributed by atoms with Crippen LogP contribution in [-0.2, 0) is 16.0 Å². The van der Waals surface area contributed by atoms with E-state index in [1.165, 1.54) is 23.1 Å². The summed E-state index contributed by atoms with van der Waals surface area (Å²) in [5, 5.41) is 28.0. The van der Waals surface area contributed by atoms with Gasteiger partial charge in [0.25, 0.3) is 0 Å². The molecule has 1 aromatic rings. The van der Waals surface area contributed by atoms with Gasteiger partial charge in [0.05, 0.1) is 0 Å². The van der Waals surface area contributed by atoms with E-state index in [-0.39, 0.29) is 42.7 Å². The predicted octanol–water partition coefficient (Wildman–Crippen LogP) is 0.575. The molecule has 2 atom stereocenters. The minimum absolute atomic E-state index is 0.0339. The Bertz CT molecular complexity index is 619. The number of carbonyl (C=O) groups excluding carboxylic acids is 1. The number of likely N-dealkylation sites (tertiary alicyclic amines) is 1. The number of hydrogen-bond donors (Lipinski definition) is 3. The van der Waals surface area contributed by atoms with Crippen LogP contribution in [0.3, 0.4) is 0 Å². The highest BCUT2D eigenvalue weighted by Gasteiger charge is 2.37. The van der Waals surface area contributed by atoms with Crippen LogP contribution in [0.15, 0.2) is 18.2 Å². The molecule has 6 heteroatoms. The Kier molecular flexibility index (Phi) is 4.03. The summed E-state index contributed by atoms with van der Waals surface area (Å²) in [5.41, 5.74) is 0.509. The summed E-state index contributed by atoms with van der Waals surface area (Å²) in [4.78, 5) is 24.6. The SMILES string of the molecule is C#CC1CC(=O)N(C(Cc2ccc(O)c(O)c2)C(=O)O)C1. The van der Waals surface area contributed by atoms with Gasteiger partial charge in [0.1, 0.15) is 6.04 Å². The van der Waals surface area contributed by atoms with Crippen LogP contribution in [0.4, 0.5) is 0 Å². The van der Waals surface area contributed by atoms with Crippen LogP contribution >= 0.6 is 0 Å². The lowest BCUT2D eigenvalue weighted by atomic mass is 10.0. The normalized spacial score (nSPS) is 19.3. The smallest absolute Gasteiger partial charge is 0.326 e. The van der Waals surface area contributed by atoms with Gasteiger partial charge in [0.2, 0.25) is 5.91 Å². The number of benzene rings is 1. The topological polar surface area (TPSA) is 98.1 Å². The number of aliphatic carboxylic acids is 1. The van der Waals surface area contributed by atoms with E-state index >= 15 is 0 Å². The summed E-state index contributed by atoms with van der Waals surface area (Å²) in [6.07, 6.45) is 5.47. The molecular weight excluding hydrogens is 274 g/mol. The number of phenols is 2. The largest absolute Gasteiger partial charge is 0.504 e. The van der Waals surface area contributed by atoms with Crippen molar-refractivity contribution in [3.8, 4) is 23.8 Å². The third kappa shape index (κ3) is 3.08. The zero-order valence-electron chi connectivity index (χ0n) is 11.2. The number of hydrogen-bond acceptors (Lipinski definition) is 4. The molecule has 21 heavy (non-hydrogen) atoms. The monoisotopic (exact) mass is 289 g/mol. The molecule has 1 saturated heterocycles. The molecule has 1 amide bonds. The zero-order valence-corrected chi connectivity index (χ0v) is 11.2. The van der Waals surface area contributed by atoms with Crippen molar-refractivity contribution >= 4 is 11.9 Å². The molecule has 1 heterocycles. The molecule has 0 aromatic heterocycles. The Balaban J connectivity index is 2.20. The van der Waals surface area contributed by atoms with E-state index in [1.54, 1.807) is 0 Å². The van der Waals surface area contributed by atoms with Crippen molar-refractivity contribution in [3.05, 3.63) is 23.8 Å². The second-order valence-electron chi connectivity index (χ2n) is 5.00. The highest BCUT2D eigenvalue weighted by Crippen LogP contribution is 2.27. The number of amides is 1. The van der Waals surface area contributed by atoms with Crippen LogP contribution in [0.2, 0.25) is 0 Å². The fourth-order valence-electron chi connectivity index (χ4n) is 2.39. The molecule has 3 N–H and O–H groups in total. The van der Waals surface area contributed by atoms with E-state index in [9.17, 15) is 24.9 Å². The molecule has 0 bridgehead atoms. The fourth-order valence-corrected chi connectivity index (χ4v) is 2.39. The molecule has 0 spiro atoms. The maximum absolute atomic E-state index is 11.9. The van der Waals surface area contributed by atoms with Gasteiger partial charge in [-0.15, -0.1) is 12.3 Å². The molecule has 2 rings (SSSR count). The van der Waals surface area contributed by atoms with E-state index in [0.717, 1.165) is 0 Å². The van der Waals surface area contributed by atoms with Gasteiger partial charge in [-0.25, -0.2) is 4.79 Å². The lowest BCUT2D eigenvalue weighted by molar-refractivity contribution is -0.148. The molecule has 2 unspecified atom stereocenters. The van der Waals surface area contributed by atoms with Crippen molar-refractivity contribution in [1.82, 2.24) is 4.90 Å². The summed E-state index contributed by atoms with van der Waals surface area (Å²) in [5.74, 6) is 0.174. The number of rotatable bonds is 4. The quantitative estimate of drug-likeness (QED) is 0.556. The van der Waals surface area contributed by atoms with E-state index in [2.05, 4.69) is 5.92 Å². The van der Waals surface area contributed by atoms with Gasteiger partial charge in [0.15, 0.2) is 11.5 Å². The second-order valence-corrected chi connectivity index (χ2v) is 5.00. The Morgan fingerprint density at radius 3 is 2.67 bits per heavy atom. The number of phenolic OH excluding ortho intramolecular Hbond substituents is 2. The van der Waals surface area contributed by atoms with E-state index in [0.29, 0.717) is 5.56 Å². The Morgan fingerprint density at radius 2 is 2.14 bits per heavy atom. The second kappa shape index (κ2) is 5.75. The first-order valence-corrected chi connectivity index (χ1v) is 6.41. The average molecular weight is 289 g/mol. The minimum Gasteiger partial charge on any atom is -0.504 e. The minimum atomic E-state index is -1.13. The van der Waals surface area contributed by atoms with Crippen LogP contribution in [0.5, 0.6) is 11.5 Å². The van der Waals surface area contributed by atoms with Gasteiger partial charge in [-0.3, -0.25) is 4.79 Å². The van der Waals surface area contributed by atoms with Gasteiger partial charge < -0.3 is 20.2 Å². The van der Waals surface area contributed by atoms with Crippen molar-refractivity contribution in [1.29, 1.82) is 0 Å². The summed E-state index contributed by atoms with van der Waals surface area (Å²) in [6, 6.07) is 3.02. The third-order valence-electron chi connectivity index (χ3n) is 3.52. The summed E-state index contributed by atoms with van der Waals surface area (Å²) >= 11 is 0. The standard InChI is InChI=1S/C15H15NO5/c1-2-9-7-14(19)16(8-9)11(15(20)21)5-10-3-4-12(17)13(18)6-10/h1,3-4,6,9,11,17-18H,5,7-8H2,(H,20,21). The van der Waals surface area contributed by atoms with Crippen molar-refractivity contribution < 1.29 is 24.9 Å². The Hall–Kier alpha value is -2.68. The predicted molar refractivity (Wildman–Crippen MR) is 73.6 cm³/mol. The van der Waals surface area contributed by atoms with Crippen LogP contribution in [0, 0.1) is 18.3 Å². The average Bonchev–Trinajstić information content (AvgIpc) is 2.80. The number of aromatic hydroxyl groups is 2. The molecule has 1 aliphatic rings. The van der Waals surface area contributed by atoms with E-state index in [1.807, 2.05) is 0 Å². The lowest BCUT2D eigenvalue weighted by Crippen LogP contribution is -2.43. The zero-order chi connectivity index (χ0) is 15.6. The summed E-state index contributed by atoms with van der Waals surface area (Å²) in [6.45, 7) is 0.219. The van der Waals surface area contributed by atoms with Gasteiger partial charge >= 0.3 is 5.97 Å². The van der Waals surface area contributed by atoms with Gasteiger partial charge in [-0.05, 0) is 17.7 Å². The van der Waals surface area contributed by atoms with Gasteiger partial charge in [-0.1, -0.05) is 6.07 Å². The van der Waals surface area contributed by atoms with Crippen LogP contribution in [0.1, 0.15) is 12.0 Å². The highest BCUT2D eigenvalue weighted by atomic mass is 16.4. The molecule has 1 fully saturated rings. The first-order valence-electron chi connectivity index (χ1n) is 6.41. The number of nitrogens with zero attached hydrogens (tertiary/aromatic N) is 1. The van der Waals surface area contributed by atoms with Gasteiger partial charge in [-0.2, -0.15) is 0 Å². The first-order chi connectivity index (χ1) is 9.92. The number of carbonyl (C=O) groups is 2. The Morgan fingerprint density at radius 1 is 1.43 bits per heavy atom. The summed E-state index contributed by atoms with van der Waals surface area (Å²) in [7, 11) is 0. The van der Waals surface area contributed by atoms with Crippen LogP contribution < -0.4 is 0 Å². The lowest BCUT2D eigenvalue weighted by Gasteiger charge is -2.24. The maximum atomic E-state index is 11.9. The molecular formula is C15H15NO5. The third-order valence-corrected chi connectivity index (χ3v) is 3.52. The summed E-state index contributed by atoms with van der Waals surface area (Å²) < 4.78 is 0. The molecule has 0 radical (unpaired) electrons. The van der Waals surface area contributed by atoms with Crippen LogP contribution in [-0.4, -0.2) is 44.7 Å². The van der Waals surface area contributed by atoms with Crippen molar-refractivity contribution in [2.45, 2.75) is 18.9 Å². The molecule has 0 saturated carbocycles.